The van der Waals surface area contributed by atoms with Crippen molar-refractivity contribution < 1.29 is 22.1 Å². The molecule has 0 aromatic heterocycles. The summed E-state index contributed by atoms with van der Waals surface area (Å²) in [5, 5.41) is 10.9. The number of aliphatic hydroxyl groups excluding tert-OH is 1. The summed E-state index contributed by atoms with van der Waals surface area (Å²) in [6.07, 6.45) is 0.981. The van der Waals surface area contributed by atoms with E-state index in [4.69, 9.17) is 29.5 Å². The van der Waals surface area contributed by atoms with Crippen LogP contribution >= 0.6 is 18.6 Å². The first kappa shape index (κ1) is 25.5. The molecule has 0 fully saturated rings. The van der Waals surface area contributed by atoms with Crippen molar-refractivity contribution in [1.29, 1.82) is 0 Å². The van der Waals surface area contributed by atoms with Gasteiger partial charge in [0.25, 0.3) is 0 Å². The van der Waals surface area contributed by atoms with Gasteiger partial charge in [0, 0.05) is 16.1 Å². The number of rotatable bonds is 3. The van der Waals surface area contributed by atoms with Gasteiger partial charge in [0.1, 0.15) is 0 Å². The molecule has 2 nitrogen and oxygen atoms in total. The van der Waals surface area contributed by atoms with Crippen molar-refractivity contribution in [2.24, 2.45) is 0 Å². The minimum atomic E-state index is -0.556. The quantitative estimate of drug-likeness (QED) is 0.361. The molecule has 23 heavy (non-hydrogen) atoms. The average Bonchev–Trinajstić information content (AvgIpc) is 2.93. The zero-order chi connectivity index (χ0) is 18.1. The second kappa shape index (κ2) is 17.1. The fraction of sp³-hybridized carbons (Fsp3) is 0.471. The maximum atomic E-state index is 8.20. The molecule has 6 heteroatoms. The van der Waals surface area contributed by atoms with Crippen LogP contribution in [-0.2, 0) is 17.0 Å². The summed E-state index contributed by atoms with van der Waals surface area (Å²) in [6.45, 7) is 8.07. The molecule has 0 heterocycles. The van der Waals surface area contributed by atoms with E-state index in [-0.39, 0.29) is 5.54 Å². The van der Waals surface area contributed by atoms with Crippen LogP contribution < -0.4 is 0 Å². The van der Waals surface area contributed by atoms with Gasteiger partial charge < -0.3 is 10.8 Å². The molecule has 0 atom stereocenters. The summed E-state index contributed by atoms with van der Waals surface area (Å²) in [4.78, 5) is 0. The SMILES string of the molecule is CC(C)(C)[NH-].C[Si]CCCO.[Cl][Ti][Cl].c1ccc2[cH-]ccc2c1. The van der Waals surface area contributed by atoms with Gasteiger partial charge in [-0.05, 0) is 6.42 Å². The van der Waals surface area contributed by atoms with Crippen LogP contribution in [0.5, 0.6) is 0 Å². The maximum absolute atomic E-state index is 8.20. The van der Waals surface area contributed by atoms with Crippen LogP contribution in [0.25, 0.3) is 16.5 Å². The van der Waals surface area contributed by atoms with Gasteiger partial charge in [-0.2, -0.15) is 17.5 Å². The van der Waals surface area contributed by atoms with Gasteiger partial charge in [-0.3, -0.25) is 0 Å². The van der Waals surface area contributed by atoms with Crippen molar-refractivity contribution in [2.75, 3.05) is 6.61 Å². The molecule has 0 aliphatic carbocycles. The molecule has 2 aromatic rings. The van der Waals surface area contributed by atoms with Crippen molar-refractivity contribution in [3.63, 3.8) is 0 Å². The van der Waals surface area contributed by atoms with Gasteiger partial charge in [0.2, 0.25) is 0 Å². The van der Waals surface area contributed by atoms with Gasteiger partial charge >= 0.3 is 35.6 Å². The molecule has 2 rings (SSSR count). The summed E-state index contributed by atoms with van der Waals surface area (Å²) < 4.78 is 0. The van der Waals surface area contributed by atoms with Gasteiger partial charge in [0.15, 0.2) is 0 Å². The van der Waals surface area contributed by atoms with E-state index in [1.807, 2.05) is 20.8 Å². The van der Waals surface area contributed by atoms with Crippen LogP contribution in [0.4, 0.5) is 0 Å². The largest absolute Gasteiger partial charge is 0.168 e. The molecule has 0 unspecified atom stereocenters. The molecular formula is C17H27Cl2NOSiTi-2. The summed E-state index contributed by atoms with van der Waals surface area (Å²) in [5.41, 5.74) is 6.69. The zero-order valence-electron chi connectivity index (χ0n) is 14.4. The molecule has 2 N–H and O–H groups in total. The van der Waals surface area contributed by atoms with Crippen molar-refractivity contribution in [1.82, 2.24) is 0 Å². The van der Waals surface area contributed by atoms with Gasteiger partial charge in [-0.15, -0.1) is 35.2 Å². The van der Waals surface area contributed by atoms with E-state index in [9.17, 15) is 0 Å². The Balaban J connectivity index is 0. The summed E-state index contributed by atoms with van der Waals surface area (Å²) >= 11 is -0.556. The molecular weight excluding hydrogens is 381 g/mol. The van der Waals surface area contributed by atoms with E-state index in [0.717, 1.165) is 15.9 Å². The summed E-state index contributed by atoms with van der Waals surface area (Å²) in [6, 6.07) is 15.9. The Morgan fingerprint density at radius 2 is 1.74 bits per heavy atom. The minimum absolute atomic E-state index is 0.250. The first-order valence-corrected chi connectivity index (χ1v) is 13.4. The fourth-order valence-corrected chi connectivity index (χ4v) is 1.84. The molecule has 2 aromatic carbocycles. The Kier molecular flexibility index (Phi) is 19.0. The van der Waals surface area contributed by atoms with Crippen LogP contribution in [0.2, 0.25) is 12.6 Å². The third-order valence-electron chi connectivity index (χ3n) is 2.13. The Morgan fingerprint density at radius 1 is 1.22 bits per heavy atom. The van der Waals surface area contributed by atoms with Crippen LogP contribution in [0.15, 0.2) is 42.5 Å². The van der Waals surface area contributed by atoms with Crippen molar-refractivity contribution in [3.05, 3.63) is 48.2 Å². The molecule has 2 radical (unpaired) electrons. The number of nitrogens with one attached hydrogen (secondary N) is 1. The summed E-state index contributed by atoms with van der Waals surface area (Å²) in [5.74, 6) is 0. The van der Waals surface area contributed by atoms with Crippen LogP contribution in [0.3, 0.4) is 0 Å². The molecule has 0 saturated carbocycles. The normalized spacial score (nSPS) is 9.57. The second-order valence-corrected chi connectivity index (χ2v) is 9.44. The average molecular weight is 408 g/mol. The van der Waals surface area contributed by atoms with E-state index in [1.165, 1.54) is 16.8 Å². The predicted molar refractivity (Wildman–Crippen MR) is 103 cm³/mol. The molecule has 0 spiro atoms. The standard InChI is InChI=1S/C9H7.C4H10N.C4H10OSi.2ClH.Ti/c1-2-5-9-7-3-6-8(9)4-1;1-4(2,3)5;1-6-4-2-3-5;;;/h1-7H;5H,1-3H3;5H,2-4H2,1H3;2*1H;/q2*-1;;;;+2/p-2. The van der Waals surface area contributed by atoms with E-state index >= 15 is 0 Å². The Hall–Kier alpha value is 0.261. The second-order valence-electron chi connectivity index (χ2n) is 5.66. The minimum Gasteiger partial charge on any atom is -0.168 e. The predicted octanol–water partition coefficient (Wildman–Crippen LogP) is 6.31. The monoisotopic (exact) mass is 407 g/mol. The first-order valence-electron chi connectivity index (χ1n) is 7.37. The number of aliphatic hydroxyl groups is 1. The smallest absolute Gasteiger partial charge is 0.0809 e. The molecule has 0 saturated heterocycles. The number of hydrogen-bond donors (Lipinski definition) is 1. The van der Waals surface area contributed by atoms with Gasteiger partial charge in [-0.25, -0.2) is 0 Å². The third-order valence-corrected chi connectivity index (χ3v) is 2.99. The molecule has 0 bridgehead atoms. The van der Waals surface area contributed by atoms with Crippen LogP contribution in [0.1, 0.15) is 27.2 Å². The maximum Gasteiger partial charge on any atom is -0.0809 e. The van der Waals surface area contributed by atoms with Gasteiger partial charge in [0.05, 0.1) is 0 Å². The number of hydrogen-bond acceptors (Lipinski definition) is 1. The van der Waals surface area contributed by atoms with E-state index in [1.54, 1.807) is 0 Å². The topological polar surface area (TPSA) is 44.0 Å². The van der Waals surface area contributed by atoms with Crippen molar-refractivity contribution in [2.45, 2.75) is 45.3 Å². The molecule has 0 amide bonds. The van der Waals surface area contributed by atoms with Crippen molar-refractivity contribution >= 4 is 38.9 Å². The Morgan fingerprint density at radius 3 is 2.13 bits per heavy atom. The van der Waals surface area contributed by atoms with Crippen LogP contribution in [-0.4, -0.2) is 26.8 Å². The Labute approximate surface area is 160 Å². The fourth-order valence-electron chi connectivity index (χ4n) is 1.33. The van der Waals surface area contributed by atoms with Crippen LogP contribution in [0, 0.1) is 0 Å². The van der Waals surface area contributed by atoms with E-state index in [0.29, 0.717) is 6.61 Å². The van der Waals surface area contributed by atoms with Gasteiger partial charge in [-0.1, -0.05) is 39.4 Å². The number of fused-ring (bicyclic) bond motifs is 1. The molecule has 130 valence electrons. The Bertz CT molecular complexity index is 435. The summed E-state index contributed by atoms with van der Waals surface area (Å²) in [7, 11) is 10.8. The third kappa shape index (κ3) is 22.3. The van der Waals surface area contributed by atoms with E-state index in [2.05, 4.69) is 49.0 Å². The first-order chi connectivity index (χ1) is 10.8. The molecule has 0 aliphatic heterocycles. The number of benzene rings is 1. The zero-order valence-corrected chi connectivity index (χ0v) is 18.4. The molecule has 0 aliphatic rings. The number of halogens is 2. The van der Waals surface area contributed by atoms with E-state index < -0.39 is 17.0 Å². The van der Waals surface area contributed by atoms with Crippen molar-refractivity contribution in [3.8, 4) is 0 Å².